The van der Waals surface area contributed by atoms with Gasteiger partial charge in [0, 0.05) is 6.07 Å². The molecule has 0 saturated heterocycles. The van der Waals surface area contributed by atoms with Crippen LogP contribution in [0, 0.1) is 0 Å². The Bertz CT molecular complexity index is 164. The fraction of sp³-hybridized carbons (Fsp3) is 0.333. The minimum Gasteiger partial charge on any atom is -0.493 e. The Morgan fingerprint density at radius 1 is 1.78 bits per heavy atom. The van der Waals surface area contributed by atoms with E-state index in [1.165, 1.54) is 0 Å². The highest BCUT2D eigenvalue weighted by atomic mass is 79.9. The maximum Gasteiger partial charge on any atom is 0.161 e. The quantitative estimate of drug-likeness (QED) is 0.668. The summed E-state index contributed by atoms with van der Waals surface area (Å²) in [4.78, 5) is 0. The number of methoxy groups -OCH3 is 1. The molecule has 1 aromatic rings. The number of hydrogen-bond acceptors (Lipinski definition) is 2. The maximum atomic E-state index is 5.03. The van der Waals surface area contributed by atoms with E-state index in [0.717, 1.165) is 11.5 Å². The lowest BCUT2D eigenvalue weighted by Gasteiger charge is -1.94. The van der Waals surface area contributed by atoms with Crippen LogP contribution in [0.15, 0.2) is 16.7 Å². The van der Waals surface area contributed by atoms with Crippen molar-refractivity contribution in [3.63, 3.8) is 0 Å². The molecule has 50 valence electrons. The van der Waals surface area contributed by atoms with Crippen LogP contribution in [0.2, 0.25) is 0 Å². The monoisotopic (exact) mass is 190 g/mol. The minimum atomic E-state index is 0.698. The molecule has 1 aromatic heterocycles. The normalized spacial score (nSPS) is 9.56. The second-order valence-corrected chi connectivity index (χ2v) is 2.11. The molecule has 0 aliphatic heterocycles. The van der Waals surface area contributed by atoms with Crippen molar-refractivity contribution in [3.05, 3.63) is 18.1 Å². The summed E-state index contributed by atoms with van der Waals surface area (Å²) in [5, 5.41) is 0.698. The molecule has 0 spiro atoms. The van der Waals surface area contributed by atoms with Crippen LogP contribution in [0.3, 0.4) is 0 Å². The number of hydrogen-bond donors (Lipinski definition) is 0. The molecule has 3 heteroatoms. The summed E-state index contributed by atoms with van der Waals surface area (Å²) in [5.41, 5.74) is 0. The Morgan fingerprint density at radius 3 is 3.00 bits per heavy atom. The number of furan rings is 1. The summed E-state index contributed by atoms with van der Waals surface area (Å²) in [6.07, 6.45) is 1.61. The third-order valence-electron chi connectivity index (χ3n) is 1.05. The minimum absolute atomic E-state index is 0.698. The van der Waals surface area contributed by atoms with Gasteiger partial charge in [0.1, 0.15) is 0 Å². The molecule has 0 amide bonds. The third-order valence-corrected chi connectivity index (χ3v) is 1.56. The molecule has 2 nitrogen and oxygen atoms in total. The second kappa shape index (κ2) is 2.92. The van der Waals surface area contributed by atoms with Gasteiger partial charge in [0.15, 0.2) is 11.5 Å². The van der Waals surface area contributed by atoms with Gasteiger partial charge in [-0.15, -0.1) is 0 Å². The van der Waals surface area contributed by atoms with Crippen molar-refractivity contribution in [3.8, 4) is 5.75 Å². The first-order chi connectivity index (χ1) is 4.38. The fourth-order valence-electron chi connectivity index (χ4n) is 0.608. The van der Waals surface area contributed by atoms with Gasteiger partial charge in [-0.25, -0.2) is 0 Å². The molecule has 0 N–H and O–H groups in total. The second-order valence-electron chi connectivity index (χ2n) is 1.55. The molecule has 0 bridgehead atoms. The van der Waals surface area contributed by atoms with Crippen molar-refractivity contribution in [1.82, 2.24) is 0 Å². The highest BCUT2D eigenvalue weighted by molar-refractivity contribution is 9.08. The first-order valence-electron chi connectivity index (χ1n) is 2.55. The zero-order valence-corrected chi connectivity index (χ0v) is 6.64. The van der Waals surface area contributed by atoms with E-state index in [-0.39, 0.29) is 0 Å². The lowest BCUT2D eigenvalue weighted by molar-refractivity contribution is 0.396. The highest BCUT2D eigenvalue weighted by Gasteiger charge is 2.01. The predicted octanol–water partition coefficient (Wildman–Crippen LogP) is 2.18. The first-order valence-corrected chi connectivity index (χ1v) is 3.67. The van der Waals surface area contributed by atoms with Gasteiger partial charge >= 0.3 is 0 Å². The lowest BCUT2D eigenvalue weighted by Crippen LogP contribution is -1.82. The molecule has 0 unspecified atom stereocenters. The zero-order chi connectivity index (χ0) is 6.69. The Labute approximate surface area is 61.9 Å². The average molecular weight is 191 g/mol. The van der Waals surface area contributed by atoms with Crippen molar-refractivity contribution in [1.29, 1.82) is 0 Å². The highest BCUT2D eigenvalue weighted by Crippen LogP contribution is 2.20. The van der Waals surface area contributed by atoms with E-state index in [0.29, 0.717) is 5.33 Å². The standard InChI is InChI=1S/C6H7BrO2/c1-8-5-2-3-9-6(5)4-7/h2-3H,4H2,1H3. The summed E-state index contributed by atoms with van der Waals surface area (Å²) in [6, 6.07) is 1.79. The van der Waals surface area contributed by atoms with Crippen LogP contribution in [0.4, 0.5) is 0 Å². The summed E-state index contributed by atoms with van der Waals surface area (Å²) < 4.78 is 9.99. The van der Waals surface area contributed by atoms with Crippen LogP contribution in [-0.2, 0) is 5.33 Å². The van der Waals surface area contributed by atoms with E-state index in [1.54, 1.807) is 19.4 Å². The van der Waals surface area contributed by atoms with E-state index in [2.05, 4.69) is 15.9 Å². The molecule has 0 radical (unpaired) electrons. The van der Waals surface area contributed by atoms with Gasteiger partial charge in [0.05, 0.1) is 18.7 Å². The summed E-state index contributed by atoms with van der Waals surface area (Å²) in [6.45, 7) is 0. The van der Waals surface area contributed by atoms with Gasteiger partial charge in [0.2, 0.25) is 0 Å². The van der Waals surface area contributed by atoms with E-state index in [1.807, 2.05) is 0 Å². The largest absolute Gasteiger partial charge is 0.493 e. The van der Waals surface area contributed by atoms with Crippen molar-refractivity contribution in [2.75, 3.05) is 7.11 Å². The van der Waals surface area contributed by atoms with E-state index in [4.69, 9.17) is 9.15 Å². The van der Waals surface area contributed by atoms with Crippen molar-refractivity contribution in [2.45, 2.75) is 5.33 Å². The summed E-state index contributed by atoms with van der Waals surface area (Å²) in [7, 11) is 1.62. The number of ether oxygens (including phenoxy) is 1. The van der Waals surface area contributed by atoms with Gasteiger partial charge < -0.3 is 9.15 Å². The zero-order valence-electron chi connectivity index (χ0n) is 5.06. The molecule has 9 heavy (non-hydrogen) atoms. The first kappa shape index (κ1) is 6.68. The number of alkyl halides is 1. The molecular weight excluding hydrogens is 184 g/mol. The van der Waals surface area contributed by atoms with Gasteiger partial charge in [0.25, 0.3) is 0 Å². The van der Waals surface area contributed by atoms with Crippen LogP contribution in [-0.4, -0.2) is 7.11 Å². The summed E-state index contributed by atoms with van der Waals surface area (Å²) in [5.74, 6) is 1.63. The molecule has 0 aromatic carbocycles. The van der Waals surface area contributed by atoms with Gasteiger partial charge in [-0.2, -0.15) is 0 Å². The molecule has 0 aliphatic rings. The maximum absolute atomic E-state index is 5.03. The molecule has 0 atom stereocenters. The van der Waals surface area contributed by atoms with Crippen LogP contribution < -0.4 is 4.74 Å². The molecule has 1 rings (SSSR count). The van der Waals surface area contributed by atoms with Crippen molar-refractivity contribution in [2.24, 2.45) is 0 Å². The smallest absolute Gasteiger partial charge is 0.161 e. The van der Waals surface area contributed by atoms with E-state index >= 15 is 0 Å². The molecule has 0 fully saturated rings. The van der Waals surface area contributed by atoms with Crippen LogP contribution in [0.25, 0.3) is 0 Å². The topological polar surface area (TPSA) is 22.4 Å². The Morgan fingerprint density at radius 2 is 2.56 bits per heavy atom. The Balaban J connectivity index is 2.85. The van der Waals surface area contributed by atoms with Crippen molar-refractivity contribution >= 4 is 15.9 Å². The number of rotatable bonds is 2. The third kappa shape index (κ3) is 1.27. The SMILES string of the molecule is COc1ccoc1CBr. The van der Waals surface area contributed by atoms with E-state index in [9.17, 15) is 0 Å². The molecule has 1 heterocycles. The summed E-state index contributed by atoms with van der Waals surface area (Å²) >= 11 is 3.25. The van der Waals surface area contributed by atoms with Gasteiger partial charge in [-0.3, -0.25) is 0 Å². The lowest BCUT2D eigenvalue weighted by atomic mass is 10.5. The number of halogens is 1. The molecule has 0 saturated carbocycles. The van der Waals surface area contributed by atoms with Crippen LogP contribution >= 0.6 is 15.9 Å². The van der Waals surface area contributed by atoms with Crippen molar-refractivity contribution < 1.29 is 9.15 Å². The van der Waals surface area contributed by atoms with Gasteiger partial charge in [-0.05, 0) is 0 Å². The Kier molecular flexibility index (Phi) is 2.16. The molecular formula is C6H7BrO2. The van der Waals surface area contributed by atoms with Crippen LogP contribution in [0.5, 0.6) is 5.75 Å². The Hall–Kier alpha value is -0.440. The predicted molar refractivity (Wildman–Crippen MR) is 37.9 cm³/mol. The fourth-order valence-corrected chi connectivity index (χ4v) is 1.02. The van der Waals surface area contributed by atoms with Gasteiger partial charge in [-0.1, -0.05) is 15.9 Å². The average Bonchev–Trinajstić information content (AvgIpc) is 2.33. The van der Waals surface area contributed by atoms with Crippen LogP contribution in [0.1, 0.15) is 5.76 Å². The van der Waals surface area contributed by atoms with E-state index < -0.39 is 0 Å². The molecule has 0 aliphatic carbocycles.